The Labute approximate surface area is 132 Å². The molecular weight excluding hydrogens is 276 g/mol. The van der Waals surface area contributed by atoms with Gasteiger partial charge >= 0.3 is 0 Å². The van der Waals surface area contributed by atoms with Crippen molar-refractivity contribution in [3.05, 3.63) is 29.8 Å². The molecule has 22 heavy (non-hydrogen) atoms. The molecule has 1 aliphatic carbocycles. The van der Waals surface area contributed by atoms with Crippen molar-refractivity contribution in [3.63, 3.8) is 0 Å². The Morgan fingerprint density at radius 1 is 1.18 bits per heavy atom. The molecule has 1 aliphatic heterocycles. The van der Waals surface area contributed by atoms with Crippen molar-refractivity contribution < 1.29 is 9.53 Å². The molecule has 4 heteroatoms. The summed E-state index contributed by atoms with van der Waals surface area (Å²) in [7, 11) is 1.66. The maximum absolute atomic E-state index is 12.1. The average molecular weight is 302 g/mol. The Morgan fingerprint density at radius 2 is 1.86 bits per heavy atom. The standard InChI is InChI=1S/C18H26N2O2/c1-22-17-7-2-14(3-8-17)4-9-18(21)19-15-10-12-20(13-11-15)16-5-6-16/h2-3,7-8,15-16H,4-6,9-13H2,1H3,(H,19,21). The summed E-state index contributed by atoms with van der Waals surface area (Å²) in [6.07, 6.45) is 6.30. The number of carbonyl (C=O) groups is 1. The molecule has 1 amide bonds. The van der Waals surface area contributed by atoms with Gasteiger partial charge in [0.1, 0.15) is 5.75 Å². The monoisotopic (exact) mass is 302 g/mol. The fraction of sp³-hybridized carbons (Fsp3) is 0.611. The van der Waals surface area contributed by atoms with E-state index in [-0.39, 0.29) is 5.91 Å². The molecule has 2 fully saturated rings. The maximum Gasteiger partial charge on any atom is 0.220 e. The van der Waals surface area contributed by atoms with E-state index in [2.05, 4.69) is 10.2 Å². The number of hydrogen-bond acceptors (Lipinski definition) is 3. The van der Waals surface area contributed by atoms with E-state index < -0.39 is 0 Å². The molecular formula is C18H26N2O2. The van der Waals surface area contributed by atoms with Gasteiger partial charge < -0.3 is 15.0 Å². The fourth-order valence-corrected chi connectivity index (χ4v) is 3.20. The molecule has 1 aromatic carbocycles. The van der Waals surface area contributed by atoms with Crippen molar-refractivity contribution in [2.75, 3.05) is 20.2 Å². The van der Waals surface area contributed by atoms with Crippen LogP contribution in [0.25, 0.3) is 0 Å². The first-order chi connectivity index (χ1) is 10.7. The third kappa shape index (κ3) is 4.23. The minimum atomic E-state index is 0.181. The number of aryl methyl sites for hydroxylation is 1. The lowest BCUT2D eigenvalue weighted by Crippen LogP contribution is -2.45. The number of ether oxygens (including phenoxy) is 1. The molecule has 120 valence electrons. The summed E-state index contributed by atoms with van der Waals surface area (Å²) >= 11 is 0. The van der Waals surface area contributed by atoms with Crippen LogP contribution in [0.4, 0.5) is 0 Å². The van der Waals surface area contributed by atoms with Gasteiger partial charge in [0.05, 0.1) is 7.11 Å². The quantitative estimate of drug-likeness (QED) is 0.877. The van der Waals surface area contributed by atoms with Gasteiger partial charge in [-0.15, -0.1) is 0 Å². The maximum atomic E-state index is 12.1. The van der Waals surface area contributed by atoms with Gasteiger partial charge in [-0.2, -0.15) is 0 Å². The SMILES string of the molecule is COc1ccc(CCC(=O)NC2CCN(C3CC3)CC2)cc1. The number of likely N-dealkylation sites (tertiary alicyclic amines) is 1. The molecule has 1 N–H and O–H groups in total. The van der Waals surface area contributed by atoms with Gasteiger partial charge in [0, 0.05) is 31.6 Å². The summed E-state index contributed by atoms with van der Waals surface area (Å²) in [5, 5.41) is 3.20. The van der Waals surface area contributed by atoms with Gasteiger partial charge in [0.2, 0.25) is 5.91 Å². The number of nitrogens with one attached hydrogen (secondary N) is 1. The number of hydrogen-bond donors (Lipinski definition) is 1. The highest BCUT2D eigenvalue weighted by atomic mass is 16.5. The van der Waals surface area contributed by atoms with E-state index in [0.717, 1.165) is 44.1 Å². The van der Waals surface area contributed by atoms with Crippen molar-refractivity contribution >= 4 is 5.91 Å². The zero-order valence-corrected chi connectivity index (χ0v) is 13.4. The first-order valence-electron chi connectivity index (χ1n) is 8.41. The van der Waals surface area contributed by atoms with Crippen LogP contribution >= 0.6 is 0 Å². The van der Waals surface area contributed by atoms with E-state index in [4.69, 9.17) is 4.74 Å². The largest absolute Gasteiger partial charge is 0.497 e. The minimum absolute atomic E-state index is 0.181. The molecule has 4 nitrogen and oxygen atoms in total. The smallest absolute Gasteiger partial charge is 0.220 e. The van der Waals surface area contributed by atoms with Crippen LogP contribution in [0.5, 0.6) is 5.75 Å². The predicted octanol–water partition coefficient (Wildman–Crippen LogP) is 2.37. The van der Waals surface area contributed by atoms with Gasteiger partial charge in [-0.3, -0.25) is 4.79 Å². The average Bonchev–Trinajstić information content (AvgIpc) is 3.39. The van der Waals surface area contributed by atoms with Crippen molar-refractivity contribution in [3.8, 4) is 5.75 Å². The molecule has 1 saturated heterocycles. The summed E-state index contributed by atoms with van der Waals surface area (Å²) in [4.78, 5) is 14.7. The highest BCUT2D eigenvalue weighted by Gasteiger charge is 2.31. The van der Waals surface area contributed by atoms with Crippen molar-refractivity contribution in [2.24, 2.45) is 0 Å². The van der Waals surface area contributed by atoms with E-state index in [9.17, 15) is 4.79 Å². The molecule has 0 unspecified atom stereocenters. The van der Waals surface area contributed by atoms with E-state index in [1.165, 1.54) is 18.4 Å². The predicted molar refractivity (Wildman–Crippen MR) is 87.1 cm³/mol. The fourth-order valence-electron chi connectivity index (χ4n) is 3.20. The van der Waals surface area contributed by atoms with Gasteiger partial charge in [-0.25, -0.2) is 0 Å². The molecule has 1 aromatic rings. The van der Waals surface area contributed by atoms with Gasteiger partial charge in [0.15, 0.2) is 0 Å². The van der Waals surface area contributed by atoms with Gasteiger partial charge in [-0.05, 0) is 49.8 Å². The molecule has 0 radical (unpaired) electrons. The van der Waals surface area contributed by atoms with E-state index in [1.54, 1.807) is 7.11 Å². The molecule has 0 aromatic heterocycles. The van der Waals surface area contributed by atoms with Crippen LogP contribution in [0.2, 0.25) is 0 Å². The second-order valence-corrected chi connectivity index (χ2v) is 6.46. The molecule has 1 saturated carbocycles. The zero-order chi connectivity index (χ0) is 15.4. The van der Waals surface area contributed by atoms with Crippen molar-refractivity contribution in [2.45, 2.75) is 50.6 Å². The number of carbonyl (C=O) groups excluding carboxylic acids is 1. The van der Waals surface area contributed by atoms with Crippen LogP contribution in [-0.4, -0.2) is 43.1 Å². The lowest BCUT2D eigenvalue weighted by molar-refractivity contribution is -0.122. The highest BCUT2D eigenvalue weighted by molar-refractivity contribution is 5.76. The number of nitrogens with zero attached hydrogens (tertiary/aromatic N) is 1. The first-order valence-corrected chi connectivity index (χ1v) is 8.41. The van der Waals surface area contributed by atoms with Crippen molar-refractivity contribution in [1.29, 1.82) is 0 Å². The normalized spacial score (nSPS) is 19.9. The van der Waals surface area contributed by atoms with Crippen molar-refractivity contribution in [1.82, 2.24) is 10.2 Å². The highest BCUT2D eigenvalue weighted by Crippen LogP contribution is 2.29. The number of methoxy groups -OCH3 is 1. The number of benzene rings is 1. The summed E-state index contributed by atoms with van der Waals surface area (Å²) < 4.78 is 5.14. The van der Waals surface area contributed by atoms with Gasteiger partial charge in [-0.1, -0.05) is 12.1 Å². The Bertz CT molecular complexity index is 488. The summed E-state index contributed by atoms with van der Waals surface area (Å²) in [5.74, 6) is 1.04. The number of piperidine rings is 1. The molecule has 0 spiro atoms. The second-order valence-electron chi connectivity index (χ2n) is 6.46. The Hall–Kier alpha value is -1.55. The summed E-state index contributed by atoms with van der Waals surface area (Å²) in [6.45, 7) is 2.29. The van der Waals surface area contributed by atoms with Gasteiger partial charge in [0.25, 0.3) is 0 Å². The van der Waals surface area contributed by atoms with Crippen LogP contribution < -0.4 is 10.1 Å². The molecule has 1 heterocycles. The molecule has 0 bridgehead atoms. The Kier molecular flexibility index (Phi) is 4.98. The minimum Gasteiger partial charge on any atom is -0.497 e. The van der Waals surface area contributed by atoms with Crippen LogP contribution in [0, 0.1) is 0 Å². The lowest BCUT2D eigenvalue weighted by atomic mass is 10.0. The van der Waals surface area contributed by atoms with E-state index >= 15 is 0 Å². The number of rotatable bonds is 6. The molecule has 0 atom stereocenters. The topological polar surface area (TPSA) is 41.6 Å². The van der Waals surface area contributed by atoms with E-state index in [0.29, 0.717) is 12.5 Å². The zero-order valence-electron chi connectivity index (χ0n) is 13.4. The second kappa shape index (κ2) is 7.14. The lowest BCUT2D eigenvalue weighted by Gasteiger charge is -2.32. The Balaban J connectivity index is 1.37. The summed E-state index contributed by atoms with van der Waals surface area (Å²) in [5.41, 5.74) is 1.18. The van der Waals surface area contributed by atoms with E-state index in [1.807, 2.05) is 24.3 Å². The first kappa shape index (κ1) is 15.3. The summed E-state index contributed by atoms with van der Waals surface area (Å²) in [6, 6.07) is 9.17. The number of amides is 1. The third-order valence-corrected chi connectivity index (χ3v) is 4.76. The third-order valence-electron chi connectivity index (χ3n) is 4.76. The molecule has 2 aliphatic rings. The van der Waals surface area contributed by atoms with Crippen LogP contribution in [0.15, 0.2) is 24.3 Å². The Morgan fingerprint density at radius 3 is 2.45 bits per heavy atom. The van der Waals surface area contributed by atoms with Crippen LogP contribution in [0.1, 0.15) is 37.7 Å². The van der Waals surface area contributed by atoms with Crippen LogP contribution in [-0.2, 0) is 11.2 Å². The van der Waals surface area contributed by atoms with Crippen LogP contribution in [0.3, 0.4) is 0 Å². The molecule has 3 rings (SSSR count).